The third kappa shape index (κ3) is 2.21. The van der Waals surface area contributed by atoms with Crippen molar-refractivity contribution in [3.8, 4) is 28.7 Å². The van der Waals surface area contributed by atoms with Gasteiger partial charge in [0, 0.05) is 4.47 Å². The second-order valence-corrected chi connectivity index (χ2v) is 4.87. The summed E-state index contributed by atoms with van der Waals surface area (Å²) in [5.74, 6) is 0.0418. The van der Waals surface area contributed by atoms with E-state index < -0.39 is 5.56 Å². The Kier molecular flexibility index (Phi) is 3.07. The monoisotopic (exact) mass is 333 g/mol. The SMILES string of the molecule is O=c1[nH]c(-c2ncn[nH]2)nc(O)c1-c1cccc(Br)c1. The fraction of sp³-hybridized carbons (Fsp3) is 0. The van der Waals surface area contributed by atoms with Gasteiger partial charge in [-0.1, -0.05) is 28.1 Å². The molecule has 3 rings (SSSR count). The number of rotatable bonds is 2. The minimum atomic E-state index is -0.456. The van der Waals surface area contributed by atoms with Gasteiger partial charge >= 0.3 is 0 Å². The maximum absolute atomic E-state index is 12.1. The Balaban J connectivity index is 2.17. The smallest absolute Gasteiger partial charge is 0.263 e. The van der Waals surface area contributed by atoms with Crippen LogP contribution in [-0.4, -0.2) is 30.3 Å². The van der Waals surface area contributed by atoms with E-state index in [4.69, 9.17) is 0 Å². The van der Waals surface area contributed by atoms with Crippen molar-refractivity contribution in [3.63, 3.8) is 0 Å². The molecule has 20 heavy (non-hydrogen) atoms. The second kappa shape index (κ2) is 4.89. The summed E-state index contributed by atoms with van der Waals surface area (Å²) in [5.41, 5.74) is 0.214. The highest BCUT2D eigenvalue weighted by Gasteiger charge is 2.15. The maximum Gasteiger partial charge on any atom is 0.263 e. The van der Waals surface area contributed by atoms with Gasteiger partial charge in [-0.15, -0.1) is 0 Å². The minimum Gasteiger partial charge on any atom is -0.493 e. The fourth-order valence-corrected chi connectivity index (χ4v) is 2.20. The number of aromatic hydroxyl groups is 1. The lowest BCUT2D eigenvalue weighted by atomic mass is 10.1. The molecule has 0 bridgehead atoms. The van der Waals surface area contributed by atoms with Crippen LogP contribution in [0.4, 0.5) is 0 Å². The molecule has 3 aromatic rings. The average molecular weight is 334 g/mol. The second-order valence-electron chi connectivity index (χ2n) is 3.96. The third-order valence-corrected chi connectivity index (χ3v) is 3.15. The first-order chi connectivity index (χ1) is 9.65. The number of halogens is 1. The van der Waals surface area contributed by atoms with E-state index in [1.807, 2.05) is 6.07 Å². The van der Waals surface area contributed by atoms with Crippen molar-refractivity contribution in [1.29, 1.82) is 0 Å². The zero-order valence-electron chi connectivity index (χ0n) is 9.96. The quantitative estimate of drug-likeness (QED) is 0.661. The Hall–Kier alpha value is -2.48. The number of hydrogen-bond donors (Lipinski definition) is 3. The number of aromatic nitrogens is 5. The summed E-state index contributed by atoms with van der Waals surface area (Å²) in [6.07, 6.45) is 1.29. The first kappa shape index (κ1) is 12.5. The van der Waals surface area contributed by atoms with Crippen molar-refractivity contribution in [1.82, 2.24) is 25.1 Å². The fourth-order valence-electron chi connectivity index (χ4n) is 1.80. The topological polar surface area (TPSA) is 108 Å². The van der Waals surface area contributed by atoms with Crippen LogP contribution in [0.5, 0.6) is 5.88 Å². The molecule has 0 unspecified atom stereocenters. The van der Waals surface area contributed by atoms with Crippen LogP contribution in [0, 0.1) is 0 Å². The zero-order chi connectivity index (χ0) is 14.1. The van der Waals surface area contributed by atoms with Gasteiger partial charge in [-0.3, -0.25) is 9.89 Å². The normalized spacial score (nSPS) is 10.7. The Labute approximate surface area is 120 Å². The summed E-state index contributed by atoms with van der Waals surface area (Å²) in [7, 11) is 0. The third-order valence-electron chi connectivity index (χ3n) is 2.65. The van der Waals surface area contributed by atoms with Crippen LogP contribution >= 0.6 is 15.9 Å². The van der Waals surface area contributed by atoms with E-state index in [0.717, 1.165) is 4.47 Å². The van der Waals surface area contributed by atoms with Gasteiger partial charge in [0.2, 0.25) is 5.88 Å². The van der Waals surface area contributed by atoms with Crippen LogP contribution in [0.15, 0.2) is 39.9 Å². The Bertz CT molecular complexity index is 813. The molecule has 0 amide bonds. The molecule has 2 heterocycles. The molecule has 8 heteroatoms. The highest BCUT2D eigenvalue weighted by molar-refractivity contribution is 9.10. The summed E-state index contributed by atoms with van der Waals surface area (Å²) >= 11 is 3.32. The van der Waals surface area contributed by atoms with Crippen LogP contribution in [-0.2, 0) is 0 Å². The van der Waals surface area contributed by atoms with Gasteiger partial charge in [0.05, 0.1) is 0 Å². The standard InChI is InChI=1S/C12H8BrN5O2/c13-7-3-1-2-6(4-7)8-11(19)16-10(17-12(8)20)9-14-5-15-18-9/h1-5H,(H,14,15,18)(H2,16,17,19,20). The van der Waals surface area contributed by atoms with Gasteiger partial charge in [-0.05, 0) is 17.7 Å². The van der Waals surface area contributed by atoms with Crippen LogP contribution in [0.25, 0.3) is 22.8 Å². The van der Waals surface area contributed by atoms with Crippen molar-refractivity contribution >= 4 is 15.9 Å². The first-order valence-electron chi connectivity index (χ1n) is 5.60. The highest BCUT2D eigenvalue weighted by Crippen LogP contribution is 2.26. The Morgan fingerprint density at radius 3 is 2.75 bits per heavy atom. The molecule has 1 aromatic carbocycles. The molecule has 0 atom stereocenters. The zero-order valence-corrected chi connectivity index (χ0v) is 11.5. The lowest BCUT2D eigenvalue weighted by molar-refractivity contribution is 0.454. The van der Waals surface area contributed by atoms with Crippen molar-refractivity contribution in [2.24, 2.45) is 0 Å². The molecule has 100 valence electrons. The highest BCUT2D eigenvalue weighted by atomic mass is 79.9. The molecule has 0 radical (unpaired) electrons. The summed E-state index contributed by atoms with van der Waals surface area (Å²) in [6.45, 7) is 0. The van der Waals surface area contributed by atoms with Gasteiger partial charge in [-0.25, -0.2) is 4.98 Å². The molecule has 0 aliphatic carbocycles. The first-order valence-corrected chi connectivity index (χ1v) is 6.39. The maximum atomic E-state index is 12.1. The number of aromatic amines is 2. The number of H-pyrrole nitrogens is 2. The summed E-state index contributed by atoms with van der Waals surface area (Å²) in [6, 6.07) is 7.03. The largest absolute Gasteiger partial charge is 0.493 e. The van der Waals surface area contributed by atoms with E-state index in [0.29, 0.717) is 5.56 Å². The summed E-state index contributed by atoms with van der Waals surface area (Å²) < 4.78 is 0.799. The van der Waals surface area contributed by atoms with Gasteiger partial charge in [0.1, 0.15) is 11.9 Å². The van der Waals surface area contributed by atoms with Crippen LogP contribution in [0.1, 0.15) is 0 Å². The summed E-state index contributed by atoms with van der Waals surface area (Å²) in [5, 5.41) is 16.2. The number of hydrogen-bond acceptors (Lipinski definition) is 5. The molecule has 0 fully saturated rings. The van der Waals surface area contributed by atoms with Gasteiger partial charge in [0.15, 0.2) is 11.6 Å². The molecular formula is C12H8BrN5O2. The number of benzene rings is 1. The molecular weight excluding hydrogens is 326 g/mol. The molecule has 3 N–H and O–H groups in total. The Morgan fingerprint density at radius 2 is 2.10 bits per heavy atom. The molecule has 2 aromatic heterocycles. The van der Waals surface area contributed by atoms with Gasteiger partial charge in [0.25, 0.3) is 5.56 Å². The van der Waals surface area contributed by atoms with E-state index in [2.05, 4.69) is 41.1 Å². The van der Waals surface area contributed by atoms with Crippen LogP contribution < -0.4 is 5.56 Å². The molecule has 7 nitrogen and oxygen atoms in total. The predicted molar refractivity (Wildman–Crippen MR) is 75.0 cm³/mol. The predicted octanol–water partition coefficient (Wildman–Crippen LogP) is 1.69. The number of nitrogens with zero attached hydrogens (tertiary/aromatic N) is 3. The molecule has 0 aliphatic rings. The van der Waals surface area contributed by atoms with E-state index in [-0.39, 0.29) is 23.1 Å². The van der Waals surface area contributed by atoms with E-state index in [1.54, 1.807) is 18.2 Å². The average Bonchev–Trinajstić information content (AvgIpc) is 2.91. The van der Waals surface area contributed by atoms with Crippen molar-refractivity contribution in [3.05, 3.63) is 45.4 Å². The molecule has 0 spiro atoms. The van der Waals surface area contributed by atoms with Crippen molar-refractivity contribution < 1.29 is 5.11 Å². The molecule has 0 aliphatic heterocycles. The summed E-state index contributed by atoms with van der Waals surface area (Å²) in [4.78, 5) is 22.5. The van der Waals surface area contributed by atoms with E-state index in [9.17, 15) is 9.90 Å². The van der Waals surface area contributed by atoms with Crippen molar-refractivity contribution in [2.75, 3.05) is 0 Å². The van der Waals surface area contributed by atoms with Crippen LogP contribution in [0.2, 0.25) is 0 Å². The van der Waals surface area contributed by atoms with Gasteiger partial charge in [-0.2, -0.15) is 10.1 Å². The van der Waals surface area contributed by atoms with Crippen LogP contribution in [0.3, 0.4) is 0 Å². The minimum absolute atomic E-state index is 0.106. The van der Waals surface area contributed by atoms with E-state index in [1.165, 1.54) is 6.33 Å². The van der Waals surface area contributed by atoms with Gasteiger partial charge < -0.3 is 10.1 Å². The Morgan fingerprint density at radius 1 is 1.25 bits per heavy atom. The lowest BCUT2D eigenvalue weighted by Gasteiger charge is -2.05. The lowest BCUT2D eigenvalue weighted by Crippen LogP contribution is -2.12. The molecule has 0 saturated heterocycles. The number of nitrogens with one attached hydrogen (secondary N) is 2. The van der Waals surface area contributed by atoms with Crippen molar-refractivity contribution in [2.45, 2.75) is 0 Å². The molecule has 0 saturated carbocycles. The van der Waals surface area contributed by atoms with E-state index >= 15 is 0 Å².